The smallest absolute Gasteiger partial charge is 0.328 e. The van der Waals surface area contributed by atoms with Crippen LogP contribution in [0.1, 0.15) is 31.7 Å². The molecule has 0 N–H and O–H groups in total. The maximum Gasteiger partial charge on any atom is 0.328 e. The Morgan fingerprint density at radius 2 is 1.70 bits per heavy atom. The third-order valence-corrected chi connectivity index (χ3v) is 4.71. The molecule has 158 valence electrons. The number of carbonyl (C=O) groups is 1. The number of nitrogens with zero attached hydrogens (tertiary/aromatic N) is 1. The minimum atomic E-state index is -0.859. The van der Waals surface area contributed by atoms with Gasteiger partial charge in [-0.3, -0.25) is 9.36 Å². The summed E-state index contributed by atoms with van der Waals surface area (Å²) in [5.74, 6) is 0.708. The van der Waals surface area contributed by atoms with E-state index in [9.17, 15) is 9.59 Å². The minimum absolute atomic E-state index is 0.219. The Balaban J connectivity index is 2.19. The average Bonchev–Trinajstić information content (AvgIpc) is 2.75. The van der Waals surface area contributed by atoms with Gasteiger partial charge in [-0.05, 0) is 49.6 Å². The summed E-state index contributed by atoms with van der Waals surface area (Å²) in [6, 6.07) is 15.5. The van der Waals surface area contributed by atoms with Crippen LogP contribution in [0.3, 0.4) is 0 Å². The molecule has 0 bridgehead atoms. The highest BCUT2D eigenvalue weighted by Crippen LogP contribution is 2.28. The summed E-state index contributed by atoms with van der Waals surface area (Å²) < 4.78 is 23.0. The number of carbonyl (C=O) groups excluding carboxylic acids is 1. The molecule has 1 aromatic heterocycles. The zero-order valence-corrected chi connectivity index (χ0v) is 17.5. The van der Waals surface area contributed by atoms with E-state index in [1.54, 1.807) is 32.0 Å². The second-order valence-corrected chi connectivity index (χ2v) is 6.64. The standard InChI is InChI=1S/C23H25NO6/c1-5-29-22(26)15(2)24-20-14-18(30-17-9-7-6-8-10-17)12-11-16(20)13-19(21(24)25)23(27-3)28-4/h6-15,23H,5H2,1-4H3. The van der Waals surface area contributed by atoms with Crippen molar-refractivity contribution in [2.75, 3.05) is 20.8 Å². The van der Waals surface area contributed by atoms with Gasteiger partial charge in [0.1, 0.15) is 17.5 Å². The van der Waals surface area contributed by atoms with Crippen molar-refractivity contribution in [3.63, 3.8) is 0 Å². The molecule has 0 saturated heterocycles. The molecule has 30 heavy (non-hydrogen) atoms. The lowest BCUT2D eigenvalue weighted by atomic mass is 10.1. The SMILES string of the molecule is CCOC(=O)C(C)n1c(=O)c(C(OC)OC)cc2ccc(Oc3ccccc3)cc21. The van der Waals surface area contributed by atoms with Crippen LogP contribution >= 0.6 is 0 Å². The summed E-state index contributed by atoms with van der Waals surface area (Å²) in [4.78, 5) is 25.8. The number of para-hydroxylation sites is 1. The van der Waals surface area contributed by atoms with Gasteiger partial charge in [0, 0.05) is 20.3 Å². The first-order valence-electron chi connectivity index (χ1n) is 9.64. The molecule has 0 aliphatic carbocycles. The normalized spacial score (nSPS) is 12.2. The molecule has 0 aliphatic rings. The Hall–Kier alpha value is -3.16. The maximum atomic E-state index is 13.3. The van der Waals surface area contributed by atoms with Crippen LogP contribution in [0.25, 0.3) is 10.9 Å². The van der Waals surface area contributed by atoms with Crippen LogP contribution in [0.15, 0.2) is 59.4 Å². The van der Waals surface area contributed by atoms with Crippen molar-refractivity contribution in [3.8, 4) is 11.5 Å². The van der Waals surface area contributed by atoms with E-state index in [1.165, 1.54) is 18.8 Å². The average molecular weight is 411 g/mol. The molecular formula is C23H25NO6. The van der Waals surface area contributed by atoms with Crippen LogP contribution in [0.5, 0.6) is 11.5 Å². The molecule has 0 saturated carbocycles. The van der Waals surface area contributed by atoms with E-state index in [0.29, 0.717) is 22.6 Å². The number of hydrogen-bond donors (Lipinski definition) is 0. The number of aromatic nitrogens is 1. The summed E-state index contributed by atoms with van der Waals surface area (Å²) in [6.45, 7) is 3.57. The van der Waals surface area contributed by atoms with Crippen molar-refractivity contribution in [2.24, 2.45) is 0 Å². The Kier molecular flexibility index (Phi) is 6.87. The van der Waals surface area contributed by atoms with Gasteiger partial charge in [0.15, 0.2) is 6.29 Å². The van der Waals surface area contributed by atoms with Crippen LogP contribution < -0.4 is 10.3 Å². The predicted octanol–water partition coefficient (Wildman–Crippen LogP) is 4.21. The fourth-order valence-electron chi connectivity index (χ4n) is 3.29. The highest BCUT2D eigenvalue weighted by atomic mass is 16.7. The van der Waals surface area contributed by atoms with Crippen LogP contribution in [0.4, 0.5) is 0 Å². The molecule has 0 fully saturated rings. The fraction of sp³-hybridized carbons (Fsp3) is 0.304. The van der Waals surface area contributed by atoms with E-state index in [4.69, 9.17) is 18.9 Å². The predicted molar refractivity (Wildman–Crippen MR) is 113 cm³/mol. The van der Waals surface area contributed by atoms with Crippen LogP contribution in [0.2, 0.25) is 0 Å². The molecule has 1 unspecified atom stereocenters. The third kappa shape index (κ3) is 4.37. The van der Waals surface area contributed by atoms with Crippen molar-refractivity contribution >= 4 is 16.9 Å². The van der Waals surface area contributed by atoms with E-state index in [-0.39, 0.29) is 6.61 Å². The van der Waals surface area contributed by atoms with Gasteiger partial charge in [0.25, 0.3) is 5.56 Å². The molecule has 7 heteroatoms. The first kappa shape index (κ1) is 21.5. The lowest BCUT2D eigenvalue weighted by Crippen LogP contribution is -2.33. The van der Waals surface area contributed by atoms with Crippen molar-refractivity contribution in [3.05, 3.63) is 70.5 Å². The second kappa shape index (κ2) is 9.56. The summed E-state index contributed by atoms with van der Waals surface area (Å²) in [5, 5.41) is 0.736. The molecule has 2 aromatic carbocycles. The molecule has 0 radical (unpaired) electrons. The third-order valence-electron chi connectivity index (χ3n) is 4.71. The summed E-state index contributed by atoms with van der Waals surface area (Å²) in [6.07, 6.45) is -0.859. The Bertz CT molecular complexity index is 1070. The summed E-state index contributed by atoms with van der Waals surface area (Å²) in [5.41, 5.74) is 0.442. The number of fused-ring (bicyclic) bond motifs is 1. The molecule has 3 rings (SSSR count). The lowest BCUT2D eigenvalue weighted by molar-refractivity contribution is -0.146. The fourth-order valence-corrected chi connectivity index (χ4v) is 3.29. The monoisotopic (exact) mass is 411 g/mol. The van der Waals surface area contributed by atoms with E-state index in [2.05, 4.69) is 0 Å². The number of esters is 1. The van der Waals surface area contributed by atoms with Crippen molar-refractivity contribution < 1.29 is 23.7 Å². The summed E-state index contributed by atoms with van der Waals surface area (Å²) in [7, 11) is 2.90. The Morgan fingerprint density at radius 1 is 1.00 bits per heavy atom. The molecule has 0 aliphatic heterocycles. The number of hydrogen-bond acceptors (Lipinski definition) is 6. The van der Waals surface area contributed by atoms with E-state index < -0.39 is 23.9 Å². The van der Waals surface area contributed by atoms with Gasteiger partial charge in [-0.1, -0.05) is 18.2 Å². The topological polar surface area (TPSA) is 76.0 Å². The molecule has 3 aromatic rings. The summed E-state index contributed by atoms with van der Waals surface area (Å²) >= 11 is 0. The molecule has 7 nitrogen and oxygen atoms in total. The quantitative estimate of drug-likeness (QED) is 0.408. The molecule has 0 spiro atoms. The lowest BCUT2D eigenvalue weighted by Gasteiger charge is -2.21. The number of methoxy groups -OCH3 is 2. The number of rotatable bonds is 8. The zero-order chi connectivity index (χ0) is 21.7. The first-order chi connectivity index (χ1) is 14.5. The molecular weight excluding hydrogens is 386 g/mol. The van der Waals surface area contributed by atoms with Crippen molar-refractivity contribution in [2.45, 2.75) is 26.2 Å². The first-order valence-corrected chi connectivity index (χ1v) is 9.64. The van der Waals surface area contributed by atoms with Gasteiger partial charge < -0.3 is 18.9 Å². The highest BCUT2D eigenvalue weighted by molar-refractivity contribution is 5.84. The van der Waals surface area contributed by atoms with Gasteiger partial charge in [-0.25, -0.2) is 4.79 Å². The largest absolute Gasteiger partial charge is 0.464 e. The van der Waals surface area contributed by atoms with Crippen LogP contribution in [0, 0.1) is 0 Å². The zero-order valence-electron chi connectivity index (χ0n) is 17.5. The van der Waals surface area contributed by atoms with Gasteiger partial charge in [0.05, 0.1) is 17.7 Å². The molecule has 1 atom stereocenters. The van der Waals surface area contributed by atoms with Gasteiger partial charge in [0.2, 0.25) is 0 Å². The highest BCUT2D eigenvalue weighted by Gasteiger charge is 2.24. The van der Waals surface area contributed by atoms with Crippen LogP contribution in [-0.2, 0) is 19.0 Å². The maximum absolute atomic E-state index is 13.3. The number of ether oxygens (including phenoxy) is 4. The Labute approximate surface area is 174 Å². The van der Waals surface area contributed by atoms with Crippen molar-refractivity contribution in [1.82, 2.24) is 4.57 Å². The van der Waals surface area contributed by atoms with E-state index in [1.807, 2.05) is 36.4 Å². The van der Waals surface area contributed by atoms with Gasteiger partial charge in [-0.2, -0.15) is 0 Å². The molecule has 1 heterocycles. The van der Waals surface area contributed by atoms with Crippen LogP contribution in [-0.4, -0.2) is 31.4 Å². The molecule has 0 amide bonds. The Morgan fingerprint density at radius 3 is 2.33 bits per heavy atom. The van der Waals surface area contributed by atoms with Gasteiger partial charge >= 0.3 is 5.97 Å². The van der Waals surface area contributed by atoms with E-state index in [0.717, 1.165) is 5.39 Å². The number of pyridine rings is 1. The number of benzene rings is 2. The van der Waals surface area contributed by atoms with E-state index >= 15 is 0 Å². The van der Waals surface area contributed by atoms with Crippen molar-refractivity contribution in [1.29, 1.82) is 0 Å². The second-order valence-electron chi connectivity index (χ2n) is 6.64. The minimum Gasteiger partial charge on any atom is -0.464 e. The van der Waals surface area contributed by atoms with Gasteiger partial charge in [-0.15, -0.1) is 0 Å².